The van der Waals surface area contributed by atoms with Crippen molar-refractivity contribution in [3.8, 4) is 0 Å². The predicted molar refractivity (Wildman–Crippen MR) is 65.8 cm³/mol. The fourth-order valence-corrected chi connectivity index (χ4v) is 2.01. The third-order valence-corrected chi connectivity index (χ3v) is 2.95. The van der Waals surface area contributed by atoms with Crippen molar-refractivity contribution < 1.29 is 13.2 Å². The van der Waals surface area contributed by atoms with Gasteiger partial charge in [-0.05, 0) is 23.0 Å². The molecule has 0 spiro atoms. The number of nitrogens with zero attached hydrogens (tertiary/aromatic N) is 1. The average molecular weight is 255 g/mol. The second kappa shape index (κ2) is 3.84. The van der Waals surface area contributed by atoms with Crippen LogP contribution in [0.3, 0.4) is 0 Å². The van der Waals surface area contributed by atoms with Gasteiger partial charge in [0.25, 0.3) is 0 Å². The molecule has 1 aliphatic heterocycles. The molecular weight excluding hydrogens is 239 g/mol. The zero-order chi connectivity index (χ0) is 13.6. The van der Waals surface area contributed by atoms with Gasteiger partial charge in [0.1, 0.15) is 0 Å². The molecule has 0 saturated heterocycles. The predicted octanol–water partition coefficient (Wildman–Crippen LogP) is 4.12. The Morgan fingerprint density at radius 3 is 1.89 bits per heavy atom. The molecule has 0 aliphatic carbocycles. The maximum Gasteiger partial charge on any atom is 0.422 e. The standard InChI is InChI=1S/C14H16F3N/c1-12(2,3)8-10-4-6-11(7-5-10)13(9-18-13)14(15,16)17/h4-7,9H,8H2,1-3H3. The normalized spacial score (nSPS) is 23.2. The Morgan fingerprint density at radius 2 is 1.56 bits per heavy atom. The van der Waals surface area contributed by atoms with E-state index >= 15 is 0 Å². The first-order chi connectivity index (χ1) is 8.14. The van der Waals surface area contributed by atoms with Gasteiger partial charge in [0.05, 0.1) is 0 Å². The van der Waals surface area contributed by atoms with E-state index in [4.69, 9.17) is 0 Å². The first kappa shape index (κ1) is 13.1. The Bertz CT molecular complexity index is 457. The minimum Gasteiger partial charge on any atom is -0.267 e. The Kier molecular flexibility index (Phi) is 2.80. The maximum absolute atomic E-state index is 12.8. The Hall–Kier alpha value is -1.32. The van der Waals surface area contributed by atoms with Gasteiger partial charge in [-0.25, -0.2) is 0 Å². The van der Waals surface area contributed by atoms with Crippen molar-refractivity contribution in [1.29, 1.82) is 0 Å². The van der Waals surface area contributed by atoms with Gasteiger partial charge >= 0.3 is 6.18 Å². The number of hydrogen-bond donors (Lipinski definition) is 0. The summed E-state index contributed by atoms with van der Waals surface area (Å²) in [6.45, 7) is 6.30. The summed E-state index contributed by atoms with van der Waals surface area (Å²) in [5.41, 5.74) is -0.677. The van der Waals surface area contributed by atoms with Crippen molar-refractivity contribution >= 4 is 6.21 Å². The van der Waals surface area contributed by atoms with Crippen molar-refractivity contribution in [3.05, 3.63) is 35.4 Å². The van der Waals surface area contributed by atoms with Crippen molar-refractivity contribution in [2.75, 3.05) is 0 Å². The van der Waals surface area contributed by atoms with Crippen LogP contribution in [0.2, 0.25) is 0 Å². The van der Waals surface area contributed by atoms with Crippen LogP contribution in [-0.2, 0) is 12.0 Å². The molecule has 1 aromatic carbocycles. The molecular formula is C14H16F3N. The van der Waals surface area contributed by atoms with Crippen LogP contribution < -0.4 is 0 Å². The quantitative estimate of drug-likeness (QED) is 0.754. The molecule has 1 aliphatic rings. The van der Waals surface area contributed by atoms with E-state index in [-0.39, 0.29) is 11.0 Å². The highest BCUT2D eigenvalue weighted by Gasteiger charge is 2.61. The second-order valence-electron chi connectivity index (χ2n) is 5.96. The molecule has 2 rings (SSSR count). The summed E-state index contributed by atoms with van der Waals surface area (Å²) in [6.07, 6.45) is -2.53. The Balaban J connectivity index is 2.19. The topological polar surface area (TPSA) is 12.4 Å². The van der Waals surface area contributed by atoms with E-state index < -0.39 is 11.7 Å². The first-order valence-corrected chi connectivity index (χ1v) is 5.87. The van der Waals surface area contributed by atoms with Crippen LogP contribution in [0.15, 0.2) is 29.3 Å². The fourth-order valence-electron chi connectivity index (χ4n) is 2.01. The van der Waals surface area contributed by atoms with Gasteiger partial charge in [-0.1, -0.05) is 45.0 Å². The fraction of sp³-hybridized carbons (Fsp3) is 0.500. The molecule has 4 heteroatoms. The van der Waals surface area contributed by atoms with Crippen LogP contribution in [0.5, 0.6) is 0 Å². The highest BCUT2D eigenvalue weighted by Crippen LogP contribution is 2.47. The number of aliphatic imine (C=N–C) groups is 1. The Morgan fingerprint density at radius 1 is 1.06 bits per heavy atom. The van der Waals surface area contributed by atoms with Gasteiger partial charge in [0, 0.05) is 6.21 Å². The van der Waals surface area contributed by atoms with E-state index in [2.05, 4.69) is 25.8 Å². The SMILES string of the molecule is CC(C)(C)Cc1ccc(C2(C(F)(F)F)C=N2)cc1. The minimum absolute atomic E-state index is 0.124. The summed E-state index contributed by atoms with van der Waals surface area (Å²) in [4.78, 5) is 3.43. The lowest BCUT2D eigenvalue weighted by atomic mass is 9.87. The van der Waals surface area contributed by atoms with E-state index in [1.165, 1.54) is 12.1 Å². The molecule has 1 unspecified atom stereocenters. The van der Waals surface area contributed by atoms with Crippen LogP contribution in [0.4, 0.5) is 13.2 Å². The van der Waals surface area contributed by atoms with E-state index in [0.29, 0.717) is 0 Å². The van der Waals surface area contributed by atoms with E-state index in [1.54, 1.807) is 12.1 Å². The zero-order valence-corrected chi connectivity index (χ0v) is 10.7. The lowest BCUT2D eigenvalue weighted by Crippen LogP contribution is -2.31. The van der Waals surface area contributed by atoms with Gasteiger partial charge in [0.15, 0.2) is 0 Å². The number of benzene rings is 1. The molecule has 0 bridgehead atoms. The third kappa shape index (κ3) is 2.42. The molecule has 18 heavy (non-hydrogen) atoms. The van der Waals surface area contributed by atoms with Crippen LogP contribution in [-0.4, -0.2) is 12.4 Å². The molecule has 1 aromatic rings. The lowest BCUT2D eigenvalue weighted by molar-refractivity contribution is -0.156. The summed E-state index contributed by atoms with van der Waals surface area (Å²) in [7, 11) is 0. The van der Waals surface area contributed by atoms with Gasteiger partial charge in [-0.3, -0.25) is 4.99 Å². The van der Waals surface area contributed by atoms with E-state index in [0.717, 1.165) is 18.2 Å². The van der Waals surface area contributed by atoms with Gasteiger partial charge in [-0.2, -0.15) is 13.2 Å². The summed E-state index contributed by atoms with van der Waals surface area (Å²) in [5.74, 6) is 0. The molecule has 0 saturated carbocycles. The van der Waals surface area contributed by atoms with Crippen LogP contribution in [0.1, 0.15) is 31.9 Å². The average Bonchev–Trinajstić information content (AvgIpc) is 2.95. The van der Waals surface area contributed by atoms with Gasteiger partial charge < -0.3 is 0 Å². The maximum atomic E-state index is 12.8. The number of halogens is 3. The minimum atomic E-state index is -4.33. The van der Waals surface area contributed by atoms with E-state index in [9.17, 15) is 13.2 Å². The summed E-state index contributed by atoms with van der Waals surface area (Å²) >= 11 is 0. The third-order valence-electron chi connectivity index (χ3n) is 2.95. The van der Waals surface area contributed by atoms with Crippen LogP contribution >= 0.6 is 0 Å². The number of rotatable bonds is 2. The zero-order valence-electron chi connectivity index (χ0n) is 10.7. The molecule has 1 atom stereocenters. The number of hydrogen-bond acceptors (Lipinski definition) is 1. The Labute approximate surface area is 105 Å². The highest BCUT2D eigenvalue weighted by atomic mass is 19.4. The van der Waals surface area contributed by atoms with E-state index in [1.807, 2.05) is 0 Å². The summed E-state index contributed by atoms with van der Waals surface area (Å²) < 4.78 is 38.5. The van der Waals surface area contributed by atoms with Crippen molar-refractivity contribution in [2.24, 2.45) is 10.4 Å². The van der Waals surface area contributed by atoms with Crippen LogP contribution in [0.25, 0.3) is 0 Å². The summed E-state index contributed by atoms with van der Waals surface area (Å²) in [6, 6.07) is 6.58. The molecule has 0 N–H and O–H groups in total. The smallest absolute Gasteiger partial charge is 0.267 e. The summed E-state index contributed by atoms with van der Waals surface area (Å²) in [5, 5.41) is 0. The first-order valence-electron chi connectivity index (χ1n) is 5.87. The van der Waals surface area contributed by atoms with Crippen molar-refractivity contribution in [2.45, 2.75) is 38.9 Å². The number of alkyl halides is 3. The van der Waals surface area contributed by atoms with Gasteiger partial charge in [0.2, 0.25) is 5.54 Å². The largest absolute Gasteiger partial charge is 0.422 e. The molecule has 98 valence electrons. The van der Waals surface area contributed by atoms with Crippen molar-refractivity contribution in [1.82, 2.24) is 0 Å². The highest BCUT2D eigenvalue weighted by molar-refractivity contribution is 5.87. The second-order valence-corrected chi connectivity index (χ2v) is 5.96. The monoisotopic (exact) mass is 255 g/mol. The molecule has 1 heterocycles. The van der Waals surface area contributed by atoms with Crippen LogP contribution in [0, 0.1) is 5.41 Å². The molecule has 0 radical (unpaired) electrons. The lowest BCUT2D eigenvalue weighted by Gasteiger charge is -2.20. The molecule has 0 fully saturated rings. The molecule has 1 nitrogen and oxygen atoms in total. The molecule has 0 amide bonds. The van der Waals surface area contributed by atoms with Gasteiger partial charge in [-0.15, -0.1) is 0 Å². The molecule has 0 aromatic heterocycles. The van der Waals surface area contributed by atoms with Crippen molar-refractivity contribution in [3.63, 3.8) is 0 Å².